The molecule has 0 atom stereocenters. The fraction of sp³-hybridized carbons (Fsp3) is 0.0833. The quantitative estimate of drug-likeness (QED) is 0.122. The molecule has 4 rings (SSSR count). The molecule has 15 heteroatoms. The summed E-state index contributed by atoms with van der Waals surface area (Å²) in [5.74, 6) is -1.24. The SMILES string of the molecule is COc1cc(C=C2N=C(c3ccc(Cl)c([N+](=O)[O-])c3)OC2=O)ccc1OS(=O)(=O)c1ccc(C)c([N+](=O)[O-])c1. The second-order valence-electron chi connectivity index (χ2n) is 7.91. The van der Waals surface area contributed by atoms with Crippen molar-refractivity contribution >= 4 is 51.0 Å². The number of carbonyl (C=O) groups is 1. The number of ether oxygens (including phenoxy) is 2. The molecule has 0 aliphatic carbocycles. The van der Waals surface area contributed by atoms with Gasteiger partial charge in [0, 0.05) is 23.3 Å². The molecule has 0 unspecified atom stereocenters. The molecule has 200 valence electrons. The van der Waals surface area contributed by atoms with Gasteiger partial charge in [-0.1, -0.05) is 23.7 Å². The Morgan fingerprint density at radius 1 is 0.974 bits per heavy atom. The number of carbonyl (C=O) groups excluding carboxylic acids is 1. The van der Waals surface area contributed by atoms with Crippen LogP contribution in [0.1, 0.15) is 16.7 Å². The molecule has 0 saturated heterocycles. The van der Waals surface area contributed by atoms with Crippen molar-refractivity contribution in [3.8, 4) is 11.5 Å². The van der Waals surface area contributed by atoms with Crippen molar-refractivity contribution in [3.63, 3.8) is 0 Å². The Balaban J connectivity index is 1.62. The largest absolute Gasteiger partial charge is 0.493 e. The van der Waals surface area contributed by atoms with Gasteiger partial charge in [0.1, 0.15) is 9.92 Å². The van der Waals surface area contributed by atoms with Crippen molar-refractivity contribution in [1.29, 1.82) is 0 Å². The van der Waals surface area contributed by atoms with Crippen LogP contribution < -0.4 is 8.92 Å². The Labute approximate surface area is 225 Å². The van der Waals surface area contributed by atoms with Crippen LogP contribution in [0.15, 0.2) is 70.2 Å². The van der Waals surface area contributed by atoms with Crippen LogP contribution in [-0.2, 0) is 19.6 Å². The summed E-state index contributed by atoms with van der Waals surface area (Å²) in [7, 11) is -3.21. The molecule has 1 aliphatic heterocycles. The maximum Gasteiger partial charge on any atom is 0.363 e. The highest BCUT2D eigenvalue weighted by molar-refractivity contribution is 7.87. The lowest BCUT2D eigenvalue weighted by Gasteiger charge is -2.11. The monoisotopic (exact) mass is 573 g/mol. The predicted octanol–water partition coefficient (Wildman–Crippen LogP) is 4.59. The molecule has 0 N–H and O–H groups in total. The van der Waals surface area contributed by atoms with Crippen LogP contribution in [0.2, 0.25) is 5.02 Å². The maximum atomic E-state index is 12.8. The van der Waals surface area contributed by atoms with E-state index in [1.165, 1.54) is 62.6 Å². The highest BCUT2D eigenvalue weighted by Crippen LogP contribution is 2.33. The fourth-order valence-corrected chi connectivity index (χ4v) is 4.57. The van der Waals surface area contributed by atoms with Gasteiger partial charge >= 0.3 is 16.1 Å². The number of benzene rings is 3. The number of nitrogens with zero attached hydrogens (tertiary/aromatic N) is 3. The molecular formula is C24H16ClN3O10S. The summed E-state index contributed by atoms with van der Waals surface area (Å²) < 4.78 is 41.1. The zero-order valence-corrected chi connectivity index (χ0v) is 21.6. The Morgan fingerprint density at radius 2 is 1.69 bits per heavy atom. The van der Waals surface area contributed by atoms with Gasteiger partial charge in [-0.05, 0) is 48.9 Å². The smallest absolute Gasteiger partial charge is 0.363 e. The highest BCUT2D eigenvalue weighted by atomic mass is 35.5. The Morgan fingerprint density at radius 3 is 2.36 bits per heavy atom. The first-order valence-electron chi connectivity index (χ1n) is 10.7. The number of methoxy groups -OCH3 is 1. The number of halogens is 1. The van der Waals surface area contributed by atoms with Crippen LogP contribution in [-0.4, -0.2) is 37.2 Å². The summed E-state index contributed by atoms with van der Waals surface area (Å²) >= 11 is 5.82. The third kappa shape index (κ3) is 5.71. The Kier molecular flexibility index (Phi) is 7.34. The molecular weight excluding hydrogens is 558 g/mol. The van der Waals surface area contributed by atoms with E-state index >= 15 is 0 Å². The molecule has 0 bridgehead atoms. The van der Waals surface area contributed by atoms with E-state index in [4.69, 9.17) is 25.3 Å². The minimum Gasteiger partial charge on any atom is -0.493 e. The molecule has 0 amide bonds. The standard InChI is InChI=1S/C24H16ClN3O10S/c1-13-3-6-16(12-19(13)27(30)31)39(34,35)38-21-8-4-14(10-22(21)36-2)9-18-24(29)37-23(26-18)15-5-7-17(25)20(11-15)28(32)33/h3-12H,1-2H3. The van der Waals surface area contributed by atoms with Gasteiger partial charge in [0.05, 0.1) is 17.0 Å². The topological polar surface area (TPSA) is 178 Å². The van der Waals surface area contributed by atoms with Crippen LogP contribution in [0.3, 0.4) is 0 Å². The third-order valence-corrected chi connectivity index (χ3v) is 6.92. The number of aryl methyl sites for hydroxylation is 1. The van der Waals surface area contributed by atoms with Crippen molar-refractivity contribution in [3.05, 3.63) is 102 Å². The lowest BCUT2D eigenvalue weighted by molar-refractivity contribution is -0.385. The van der Waals surface area contributed by atoms with Gasteiger partial charge in [-0.3, -0.25) is 20.2 Å². The number of hydrogen-bond acceptors (Lipinski definition) is 11. The number of nitro groups is 2. The van der Waals surface area contributed by atoms with Crippen molar-refractivity contribution in [1.82, 2.24) is 0 Å². The van der Waals surface area contributed by atoms with Gasteiger partial charge in [-0.25, -0.2) is 9.79 Å². The molecule has 3 aromatic carbocycles. The van der Waals surface area contributed by atoms with E-state index < -0.39 is 30.8 Å². The second-order valence-corrected chi connectivity index (χ2v) is 9.87. The van der Waals surface area contributed by atoms with Crippen molar-refractivity contribution < 1.29 is 36.7 Å². The summed E-state index contributed by atoms with van der Waals surface area (Å²) in [5.41, 5.74) is -0.129. The number of esters is 1. The molecule has 39 heavy (non-hydrogen) atoms. The molecule has 0 fully saturated rings. The fourth-order valence-electron chi connectivity index (χ4n) is 3.43. The molecule has 0 spiro atoms. The van der Waals surface area contributed by atoms with Gasteiger partial charge in [0.2, 0.25) is 5.90 Å². The van der Waals surface area contributed by atoms with Gasteiger partial charge in [0.25, 0.3) is 11.4 Å². The minimum absolute atomic E-state index is 0.0292. The Hall–Kier alpha value is -4.82. The van der Waals surface area contributed by atoms with E-state index in [9.17, 15) is 33.4 Å². The summed E-state index contributed by atoms with van der Waals surface area (Å²) in [5, 5.41) is 22.2. The van der Waals surface area contributed by atoms with Crippen LogP contribution in [0.4, 0.5) is 11.4 Å². The van der Waals surface area contributed by atoms with Crippen molar-refractivity contribution in [2.24, 2.45) is 4.99 Å². The molecule has 13 nitrogen and oxygen atoms in total. The normalized spacial score (nSPS) is 14.1. The highest BCUT2D eigenvalue weighted by Gasteiger charge is 2.27. The van der Waals surface area contributed by atoms with E-state index in [2.05, 4.69) is 4.99 Å². The molecule has 0 aromatic heterocycles. The minimum atomic E-state index is -4.47. The molecule has 1 heterocycles. The number of rotatable bonds is 8. The van der Waals surface area contributed by atoms with Crippen molar-refractivity contribution in [2.45, 2.75) is 11.8 Å². The molecule has 3 aromatic rings. The lowest BCUT2D eigenvalue weighted by Crippen LogP contribution is -2.11. The first-order chi connectivity index (χ1) is 18.4. The molecule has 0 saturated carbocycles. The lowest BCUT2D eigenvalue weighted by atomic mass is 10.1. The number of hydrogen-bond donors (Lipinski definition) is 0. The van der Waals surface area contributed by atoms with E-state index in [0.717, 1.165) is 12.1 Å². The van der Waals surface area contributed by atoms with Gasteiger partial charge in [-0.2, -0.15) is 8.42 Å². The first kappa shape index (κ1) is 27.2. The van der Waals surface area contributed by atoms with Crippen LogP contribution >= 0.6 is 11.6 Å². The molecule has 1 aliphatic rings. The summed E-state index contributed by atoms with van der Waals surface area (Å²) in [4.78, 5) is 37.0. The summed E-state index contributed by atoms with van der Waals surface area (Å²) in [6, 6.07) is 11.2. The van der Waals surface area contributed by atoms with Gasteiger partial charge in [0.15, 0.2) is 17.2 Å². The van der Waals surface area contributed by atoms with Crippen molar-refractivity contribution in [2.75, 3.05) is 7.11 Å². The predicted molar refractivity (Wildman–Crippen MR) is 137 cm³/mol. The number of aliphatic imine (C=N–C) groups is 1. The number of cyclic esters (lactones) is 1. The van der Waals surface area contributed by atoms with Crippen LogP contribution in [0, 0.1) is 27.2 Å². The van der Waals surface area contributed by atoms with Crippen LogP contribution in [0.25, 0.3) is 6.08 Å². The van der Waals surface area contributed by atoms with E-state index in [1.54, 1.807) is 0 Å². The zero-order chi connectivity index (χ0) is 28.5. The van der Waals surface area contributed by atoms with E-state index in [1.807, 2.05) is 0 Å². The zero-order valence-electron chi connectivity index (χ0n) is 20.0. The first-order valence-corrected chi connectivity index (χ1v) is 12.5. The van der Waals surface area contributed by atoms with E-state index in [-0.39, 0.29) is 50.6 Å². The van der Waals surface area contributed by atoms with Gasteiger partial charge in [-0.15, -0.1) is 0 Å². The third-order valence-electron chi connectivity index (χ3n) is 5.37. The van der Waals surface area contributed by atoms with E-state index in [0.29, 0.717) is 5.56 Å². The van der Waals surface area contributed by atoms with Gasteiger partial charge < -0.3 is 13.7 Å². The number of nitro benzene ring substituents is 2. The van der Waals surface area contributed by atoms with Crippen LogP contribution in [0.5, 0.6) is 11.5 Å². The second kappa shape index (κ2) is 10.5. The maximum absolute atomic E-state index is 12.8. The Bertz CT molecular complexity index is 1720. The summed E-state index contributed by atoms with van der Waals surface area (Å²) in [6.45, 7) is 1.47. The molecule has 0 radical (unpaired) electrons. The average Bonchev–Trinajstić information content (AvgIpc) is 3.24. The summed E-state index contributed by atoms with van der Waals surface area (Å²) in [6.07, 6.45) is 1.32. The average molecular weight is 574 g/mol.